The molecule has 3 aliphatic rings. The van der Waals surface area contributed by atoms with E-state index in [1.807, 2.05) is 18.2 Å². The highest BCUT2D eigenvalue weighted by atomic mass is 35.5. The number of carbonyl (C=O) groups excluding carboxylic acids is 1. The molecular formula is C22H30ClN3O3S. The topological polar surface area (TPSA) is 60.9 Å². The van der Waals surface area contributed by atoms with Gasteiger partial charge in [-0.2, -0.15) is 0 Å². The molecule has 1 amide bonds. The van der Waals surface area contributed by atoms with Gasteiger partial charge in [-0.1, -0.05) is 18.2 Å². The van der Waals surface area contributed by atoms with E-state index in [0.29, 0.717) is 43.2 Å². The third kappa shape index (κ3) is 4.39. The van der Waals surface area contributed by atoms with E-state index in [1.165, 1.54) is 0 Å². The molecule has 1 aromatic carbocycles. The number of hydrogen-bond acceptors (Lipinski definition) is 5. The molecule has 0 radical (unpaired) electrons. The van der Waals surface area contributed by atoms with E-state index < -0.39 is 9.84 Å². The van der Waals surface area contributed by atoms with Crippen molar-refractivity contribution in [3.63, 3.8) is 0 Å². The van der Waals surface area contributed by atoms with Crippen LogP contribution in [-0.2, 0) is 14.6 Å². The lowest BCUT2D eigenvalue weighted by Gasteiger charge is -2.31. The largest absolute Gasteiger partial charge is 0.370 e. The van der Waals surface area contributed by atoms with Gasteiger partial charge >= 0.3 is 0 Å². The quantitative estimate of drug-likeness (QED) is 0.707. The molecule has 0 aromatic heterocycles. The van der Waals surface area contributed by atoms with Gasteiger partial charge in [0.1, 0.15) is 0 Å². The van der Waals surface area contributed by atoms with Crippen molar-refractivity contribution in [2.24, 2.45) is 0 Å². The summed E-state index contributed by atoms with van der Waals surface area (Å²) in [5.74, 6) is 0.163. The molecule has 2 bridgehead atoms. The molecule has 2 saturated heterocycles. The van der Waals surface area contributed by atoms with E-state index in [0.717, 1.165) is 42.6 Å². The lowest BCUT2D eigenvalue weighted by atomic mass is 9.95. The minimum Gasteiger partial charge on any atom is -0.370 e. The molecule has 2 atom stereocenters. The van der Waals surface area contributed by atoms with Crippen LogP contribution >= 0.6 is 11.6 Å². The fourth-order valence-corrected chi connectivity index (χ4v) is 6.38. The molecular weight excluding hydrogens is 422 g/mol. The Hall–Kier alpha value is -1.57. The van der Waals surface area contributed by atoms with Crippen LogP contribution < -0.4 is 4.90 Å². The van der Waals surface area contributed by atoms with Crippen LogP contribution in [0.2, 0.25) is 5.02 Å². The first-order valence-electron chi connectivity index (χ1n) is 10.7. The number of nitrogens with zero attached hydrogens (tertiary/aromatic N) is 3. The van der Waals surface area contributed by atoms with Gasteiger partial charge in [0, 0.05) is 61.0 Å². The first kappa shape index (κ1) is 21.7. The van der Waals surface area contributed by atoms with E-state index in [4.69, 9.17) is 11.6 Å². The van der Waals surface area contributed by atoms with Gasteiger partial charge in [-0.3, -0.25) is 9.69 Å². The van der Waals surface area contributed by atoms with Crippen molar-refractivity contribution in [3.8, 4) is 0 Å². The Bertz CT molecular complexity index is 935. The van der Waals surface area contributed by atoms with Crippen molar-refractivity contribution < 1.29 is 13.2 Å². The standard InChI is InChI=1S/C22H30ClN3O3S/c1-16-19-15-17(23)3-5-21(19)25(9-7-18-4-6-20(16)24(18)2)10-8-22(27)26-11-13-30(28,29)14-12-26/h3,5,15,18,20H,1,4,6-14H2,2H3. The smallest absolute Gasteiger partial charge is 0.224 e. The monoisotopic (exact) mass is 451 g/mol. The average Bonchev–Trinajstić information content (AvgIpc) is 3.08. The van der Waals surface area contributed by atoms with Gasteiger partial charge in [-0.25, -0.2) is 8.42 Å². The van der Waals surface area contributed by atoms with Gasteiger partial charge in [-0.05, 0) is 50.1 Å². The second-order valence-electron chi connectivity index (χ2n) is 8.66. The zero-order valence-corrected chi connectivity index (χ0v) is 19.1. The Kier molecular flexibility index (Phi) is 6.15. The second kappa shape index (κ2) is 8.52. The number of fused-ring (bicyclic) bond motifs is 3. The summed E-state index contributed by atoms with van der Waals surface area (Å²) < 4.78 is 23.3. The molecule has 3 aliphatic heterocycles. The number of halogens is 1. The first-order valence-corrected chi connectivity index (χ1v) is 12.9. The molecule has 30 heavy (non-hydrogen) atoms. The van der Waals surface area contributed by atoms with E-state index in [9.17, 15) is 13.2 Å². The molecule has 6 nitrogen and oxygen atoms in total. The summed E-state index contributed by atoms with van der Waals surface area (Å²) >= 11 is 6.33. The number of sulfone groups is 1. The minimum absolute atomic E-state index is 0.0257. The van der Waals surface area contributed by atoms with E-state index in [1.54, 1.807) is 4.90 Å². The summed E-state index contributed by atoms with van der Waals surface area (Å²) in [4.78, 5) is 19.2. The normalized spacial score (nSPS) is 26.7. The number of amides is 1. The molecule has 3 heterocycles. The number of hydrogen-bond donors (Lipinski definition) is 0. The Morgan fingerprint density at radius 1 is 1.17 bits per heavy atom. The van der Waals surface area contributed by atoms with Crippen LogP contribution in [0.3, 0.4) is 0 Å². The number of anilines is 1. The maximum Gasteiger partial charge on any atom is 0.224 e. The van der Waals surface area contributed by atoms with E-state index in [2.05, 4.69) is 23.4 Å². The number of benzene rings is 1. The predicted molar refractivity (Wildman–Crippen MR) is 122 cm³/mol. The Balaban J connectivity index is 1.52. The summed E-state index contributed by atoms with van der Waals surface area (Å²) in [6.07, 6.45) is 3.68. The van der Waals surface area contributed by atoms with Gasteiger partial charge < -0.3 is 9.80 Å². The maximum absolute atomic E-state index is 12.7. The van der Waals surface area contributed by atoms with Crippen LogP contribution in [-0.4, -0.2) is 80.9 Å². The van der Waals surface area contributed by atoms with Crippen LogP contribution in [0.5, 0.6) is 0 Å². The summed E-state index contributed by atoms with van der Waals surface area (Å²) in [7, 11) is -0.807. The molecule has 2 fully saturated rings. The average molecular weight is 452 g/mol. The van der Waals surface area contributed by atoms with E-state index >= 15 is 0 Å². The molecule has 0 spiro atoms. The van der Waals surface area contributed by atoms with Crippen LogP contribution in [0, 0.1) is 0 Å². The first-order chi connectivity index (χ1) is 14.2. The van der Waals surface area contributed by atoms with E-state index in [-0.39, 0.29) is 17.4 Å². The van der Waals surface area contributed by atoms with Gasteiger partial charge in [-0.15, -0.1) is 0 Å². The number of carbonyl (C=O) groups is 1. The third-order valence-electron chi connectivity index (χ3n) is 6.91. The molecule has 4 rings (SSSR count). The fraction of sp³-hybridized carbons (Fsp3) is 0.591. The van der Waals surface area contributed by atoms with Crippen molar-refractivity contribution in [1.82, 2.24) is 9.80 Å². The summed E-state index contributed by atoms with van der Waals surface area (Å²) in [5, 5.41) is 0.692. The van der Waals surface area contributed by atoms with Crippen molar-refractivity contribution in [2.45, 2.75) is 37.8 Å². The van der Waals surface area contributed by atoms with Crippen LogP contribution in [0.15, 0.2) is 24.8 Å². The predicted octanol–water partition coefficient (Wildman–Crippen LogP) is 2.67. The van der Waals surface area contributed by atoms with Crippen molar-refractivity contribution in [2.75, 3.05) is 49.6 Å². The van der Waals surface area contributed by atoms with Gasteiger partial charge in [0.25, 0.3) is 0 Å². The SMILES string of the molecule is C=C1c2cc(Cl)ccc2N(CCC(=O)N2CCS(=O)(=O)CC2)CCC2CCC1N2C. The third-order valence-corrected chi connectivity index (χ3v) is 8.76. The summed E-state index contributed by atoms with van der Waals surface area (Å²) in [6, 6.07) is 6.78. The van der Waals surface area contributed by atoms with Crippen LogP contribution in [0.1, 0.15) is 31.2 Å². The van der Waals surface area contributed by atoms with Crippen molar-refractivity contribution in [1.29, 1.82) is 0 Å². The highest BCUT2D eigenvalue weighted by molar-refractivity contribution is 7.91. The Labute approximate surface area is 184 Å². The van der Waals surface area contributed by atoms with Gasteiger partial charge in [0.2, 0.25) is 5.91 Å². The Morgan fingerprint density at radius 2 is 1.90 bits per heavy atom. The number of rotatable bonds is 3. The lowest BCUT2D eigenvalue weighted by molar-refractivity contribution is -0.130. The fourth-order valence-electron chi connectivity index (χ4n) is 5.01. The number of likely N-dealkylation sites (N-methyl/N-ethyl adjacent to an activating group) is 1. The van der Waals surface area contributed by atoms with Gasteiger partial charge in [0.05, 0.1) is 11.5 Å². The lowest BCUT2D eigenvalue weighted by Crippen LogP contribution is -2.44. The zero-order chi connectivity index (χ0) is 21.5. The molecule has 0 N–H and O–H groups in total. The van der Waals surface area contributed by atoms with Crippen LogP contribution in [0.25, 0.3) is 5.57 Å². The molecule has 0 saturated carbocycles. The zero-order valence-electron chi connectivity index (χ0n) is 17.5. The van der Waals surface area contributed by atoms with Gasteiger partial charge in [0.15, 0.2) is 9.84 Å². The highest BCUT2D eigenvalue weighted by Gasteiger charge is 2.35. The molecule has 8 heteroatoms. The van der Waals surface area contributed by atoms with Crippen molar-refractivity contribution in [3.05, 3.63) is 35.4 Å². The minimum atomic E-state index is -2.99. The summed E-state index contributed by atoms with van der Waals surface area (Å²) in [5.41, 5.74) is 3.25. The maximum atomic E-state index is 12.7. The summed E-state index contributed by atoms with van der Waals surface area (Å²) in [6.45, 7) is 6.50. The second-order valence-corrected chi connectivity index (χ2v) is 11.4. The molecule has 2 unspecified atom stereocenters. The van der Waals surface area contributed by atoms with Crippen LogP contribution in [0.4, 0.5) is 5.69 Å². The molecule has 164 valence electrons. The van der Waals surface area contributed by atoms with Crippen molar-refractivity contribution >= 4 is 38.6 Å². The Morgan fingerprint density at radius 3 is 2.63 bits per heavy atom. The molecule has 1 aromatic rings. The highest BCUT2D eigenvalue weighted by Crippen LogP contribution is 2.39. The molecule has 0 aliphatic carbocycles.